The monoisotopic (exact) mass is 244 g/mol. The number of hydrogen-bond acceptors (Lipinski definition) is 3. The zero-order valence-corrected chi connectivity index (χ0v) is 9.20. The molecule has 5 nitrogen and oxygen atoms in total. The summed E-state index contributed by atoms with van der Waals surface area (Å²) in [6, 6.07) is 0. The number of hydrogen-bond donors (Lipinski definition) is 0. The third kappa shape index (κ3) is 1.88. The molecule has 0 fully saturated rings. The standard InChI is InChI=1S/C8H6Cl2N4O/c1-13-3-5(2-11-13)14-4-6(9)12-7(10)8(14)15/h2-4H,1H3. The van der Waals surface area contributed by atoms with Gasteiger partial charge in [0.25, 0.3) is 5.56 Å². The molecule has 0 saturated carbocycles. The van der Waals surface area contributed by atoms with Crippen molar-refractivity contribution in [3.8, 4) is 5.69 Å². The Kier molecular flexibility index (Phi) is 2.50. The fourth-order valence-electron chi connectivity index (χ4n) is 1.16. The smallest absolute Gasteiger partial charge is 0.275 e. The van der Waals surface area contributed by atoms with Crippen molar-refractivity contribution in [2.45, 2.75) is 0 Å². The van der Waals surface area contributed by atoms with E-state index in [1.165, 1.54) is 17.0 Å². The maximum absolute atomic E-state index is 11.6. The molecule has 0 aromatic carbocycles. The van der Waals surface area contributed by atoms with Crippen molar-refractivity contribution in [2.75, 3.05) is 0 Å². The summed E-state index contributed by atoms with van der Waals surface area (Å²) in [5.41, 5.74) is 0.169. The van der Waals surface area contributed by atoms with Crippen molar-refractivity contribution < 1.29 is 0 Å². The van der Waals surface area contributed by atoms with Gasteiger partial charge in [-0.1, -0.05) is 23.2 Å². The molecule has 2 rings (SSSR count). The Balaban J connectivity index is 2.67. The van der Waals surface area contributed by atoms with Gasteiger partial charge in [0, 0.05) is 13.2 Å². The first-order valence-corrected chi connectivity index (χ1v) is 4.77. The van der Waals surface area contributed by atoms with Gasteiger partial charge >= 0.3 is 0 Å². The van der Waals surface area contributed by atoms with E-state index in [2.05, 4.69) is 10.1 Å². The maximum atomic E-state index is 11.6. The molecule has 0 N–H and O–H groups in total. The van der Waals surface area contributed by atoms with Crippen LogP contribution in [-0.4, -0.2) is 19.3 Å². The second kappa shape index (κ2) is 3.67. The van der Waals surface area contributed by atoms with E-state index in [1.807, 2.05) is 0 Å². The van der Waals surface area contributed by atoms with Gasteiger partial charge in [-0.05, 0) is 0 Å². The summed E-state index contributed by atoms with van der Waals surface area (Å²) in [6.45, 7) is 0. The molecular weight excluding hydrogens is 239 g/mol. The lowest BCUT2D eigenvalue weighted by molar-refractivity contribution is 0.767. The molecule has 0 atom stereocenters. The molecule has 2 heterocycles. The van der Waals surface area contributed by atoms with Crippen LogP contribution in [0, 0.1) is 0 Å². The third-order valence-electron chi connectivity index (χ3n) is 1.81. The minimum absolute atomic E-state index is 0.156. The molecule has 0 aliphatic rings. The van der Waals surface area contributed by atoms with Crippen molar-refractivity contribution in [3.63, 3.8) is 0 Å². The molecule has 2 aromatic heterocycles. The Morgan fingerprint density at radius 3 is 2.67 bits per heavy atom. The van der Waals surface area contributed by atoms with Crippen LogP contribution in [0.4, 0.5) is 0 Å². The fraction of sp³-hybridized carbons (Fsp3) is 0.125. The van der Waals surface area contributed by atoms with Crippen LogP contribution in [0.2, 0.25) is 10.3 Å². The lowest BCUT2D eigenvalue weighted by atomic mass is 10.5. The first-order valence-electron chi connectivity index (χ1n) is 4.01. The van der Waals surface area contributed by atoms with Crippen LogP contribution < -0.4 is 5.56 Å². The van der Waals surface area contributed by atoms with Crippen molar-refractivity contribution in [3.05, 3.63) is 39.3 Å². The summed E-state index contributed by atoms with van der Waals surface area (Å²) in [5.74, 6) is 0. The van der Waals surface area contributed by atoms with E-state index < -0.39 is 5.56 Å². The normalized spacial score (nSPS) is 10.6. The fourth-order valence-corrected chi connectivity index (χ4v) is 1.57. The molecule has 0 saturated heterocycles. The molecule has 0 aliphatic carbocycles. The highest BCUT2D eigenvalue weighted by Crippen LogP contribution is 2.10. The molecule has 7 heteroatoms. The highest BCUT2D eigenvalue weighted by molar-refractivity contribution is 6.32. The molecule has 78 valence electrons. The Morgan fingerprint density at radius 2 is 2.07 bits per heavy atom. The summed E-state index contributed by atoms with van der Waals surface area (Å²) in [7, 11) is 1.75. The number of halogens is 2. The van der Waals surface area contributed by atoms with Crippen LogP contribution in [0.1, 0.15) is 0 Å². The summed E-state index contributed by atoms with van der Waals surface area (Å²) in [6.07, 6.45) is 4.61. The highest BCUT2D eigenvalue weighted by atomic mass is 35.5. The predicted molar refractivity (Wildman–Crippen MR) is 56.6 cm³/mol. The first kappa shape index (κ1) is 10.2. The van der Waals surface area contributed by atoms with E-state index in [0.717, 1.165) is 0 Å². The van der Waals surface area contributed by atoms with E-state index in [-0.39, 0.29) is 10.3 Å². The van der Waals surface area contributed by atoms with Crippen LogP contribution in [0.3, 0.4) is 0 Å². The second-order valence-electron chi connectivity index (χ2n) is 2.90. The third-order valence-corrected chi connectivity index (χ3v) is 2.23. The Hall–Kier alpha value is -1.33. The van der Waals surface area contributed by atoms with Crippen LogP contribution >= 0.6 is 23.2 Å². The summed E-state index contributed by atoms with van der Waals surface area (Å²) in [5, 5.41) is 3.94. The molecule has 2 aromatic rings. The molecule has 15 heavy (non-hydrogen) atoms. The maximum Gasteiger partial charge on any atom is 0.292 e. The predicted octanol–water partition coefficient (Wildman–Crippen LogP) is 1.27. The van der Waals surface area contributed by atoms with Crippen LogP contribution in [0.25, 0.3) is 5.69 Å². The number of aromatic nitrogens is 4. The van der Waals surface area contributed by atoms with E-state index >= 15 is 0 Å². The van der Waals surface area contributed by atoms with E-state index in [0.29, 0.717) is 5.69 Å². The average Bonchev–Trinajstić information content (AvgIpc) is 2.58. The van der Waals surface area contributed by atoms with E-state index in [1.54, 1.807) is 17.9 Å². The topological polar surface area (TPSA) is 52.7 Å². The van der Waals surface area contributed by atoms with E-state index in [9.17, 15) is 4.79 Å². The molecule has 0 amide bonds. The van der Waals surface area contributed by atoms with E-state index in [4.69, 9.17) is 23.2 Å². The largest absolute Gasteiger partial charge is 0.292 e. The first-order chi connectivity index (χ1) is 7.08. The lowest BCUT2D eigenvalue weighted by Crippen LogP contribution is -2.19. The van der Waals surface area contributed by atoms with Crippen molar-refractivity contribution in [2.24, 2.45) is 7.05 Å². The average molecular weight is 245 g/mol. The van der Waals surface area contributed by atoms with Gasteiger partial charge < -0.3 is 0 Å². The minimum Gasteiger partial charge on any atom is -0.275 e. The lowest BCUT2D eigenvalue weighted by Gasteiger charge is -2.02. The van der Waals surface area contributed by atoms with Crippen LogP contribution in [0.15, 0.2) is 23.4 Å². The van der Waals surface area contributed by atoms with Crippen molar-refractivity contribution in [1.29, 1.82) is 0 Å². The van der Waals surface area contributed by atoms with Crippen LogP contribution in [-0.2, 0) is 7.05 Å². The van der Waals surface area contributed by atoms with Gasteiger partial charge in [0.15, 0.2) is 5.15 Å². The van der Waals surface area contributed by atoms with Crippen molar-refractivity contribution >= 4 is 23.2 Å². The number of rotatable bonds is 1. The molecule has 0 bridgehead atoms. The second-order valence-corrected chi connectivity index (χ2v) is 3.65. The van der Waals surface area contributed by atoms with Gasteiger partial charge in [0.1, 0.15) is 5.15 Å². The van der Waals surface area contributed by atoms with Gasteiger partial charge in [-0.15, -0.1) is 0 Å². The molecule has 0 radical (unpaired) electrons. The molecule has 0 aliphatic heterocycles. The highest BCUT2D eigenvalue weighted by Gasteiger charge is 2.08. The summed E-state index contributed by atoms with van der Waals surface area (Å²) < 4.78 is 2.87. The zero-order chi connectivity index (χ0) is 11.0. The summed E-state index contributed by atoms with van der Waals surface area (Å²) in [4.78, 5) is 15.2. The van der Waals surface area contributed by atoms with Gasteiger partial charge in [-0.25, -0.2) is 4.98 Å². The SMILES string of the molecule is Cn1cc(-n2cc(Cl)nc(Cl)c2=O)cn1. The van der Waals surface area contributed by atoms with Gasteiger partial charge in [0.2, 0.25) is 0 Å². The quantitative estimate of drug-likeness (QED) is 0.760. The Labute approximate surface area is 94.9 Å². The van der Waals surface area contributed by atoms with Gasteiger partial charge in [-0.3, -0.25) is 14.0 Å². The van der Waals surface area contributed by atoms with Gasteiger partial charge in [-0.2, -0.15) is 5.10 Å². The van der Waals surface area contributed by atoms with Crippen molar-refractivity contribution in [1.82, 2.24) is 19.3 Å². The number of nitrogens with zero attached hydrogens (tertiary/aromatic N) is 4. The Morgan fingerprint density at radius 1 is 1.33 bits per heavy atom. The van der Waals surface area contributed by atoms with Gasteiger partial charge in [0.05, 0.1) is 18.1 Å². The zero-order valence-electron chi connectivity index (χ0n) is 7.69. The molecule has 0 unspecified atom stereocenters. The number of aryl methyl sites for hydroxylation is 1. The molecule has 0 spiro atoms. The minimum atomic E-state index is -0.422. The summed E-state index contributed by atoms with van der Waals surface area (Å²) >= 11 is 11.3. The van der Waals surface area contributed by atoms with Crippen LogP contribution in [0.5, 0.6) is 0 Å². The molecular formula is C8H6Cl2N4O. The Bertz CT molecular complexity index is 560.